The molecule has 2 aromatic rings. The Morgan fingerprint density at radius 2 is 1.75 bits per heavy atom. The van der Waals surface area contributed by atoms with E-state index >= 15 is 0 Å². The predicted molar refractivity (Wildman–Crippen MR) is 81.4 cm³/mol. The van der Waals surface area contributed by atoms with Gasteiger partial charge in [-0.25, -0.2) is 15.8 Å². The number of anilines is 1. The summed E-state index contributed by atoms with van der Waals surface area (Å²) in [6, 6.07) is 6.26. The van der Waals surface area contributed by atoms with Gasteiger partial charge in [0.1, 0.15) is 5.82 Å². The minimum atomic E-state index is 0.785. The molecule has 0 saturated heterocycles. The molecule has 0 saturated carbocycles. The molecule has 104 valence electrons. The fraction of sp³-hybridized carbons (Fsp3) is 0.375. The number of nitrogen functional groups attached to an aromatic ring is 1. The zero-order chi connectivity index (χ0) is 14.1. The summed E-state index contributed by atoms with van der Waals surface area (Å²) in [6.07, 6.45) is 4.42. The lowest BCUT2D eigenvalue weighted by atomic mass is 9.95. The lowest BCUT2D eigenvalue weighted by Crippen LogP contribution is -2.17. The first-order chi connectivity index (χ1) is 9.70. The van der Waals surface area contributed by atoms with Crippen molar-refractivity contribution in [3.8, 4) is 11.4 Å². The van der Waals surface area contributed by atoms with Gasteiger partial charge in [0.25, 0.3) is 0 Å². The number of aromatic nitrogens is 2. The number of nitrogens with two attached hydrogens (primary N) is 1. The fourth-order valence-corrected chi connectivity index (χ4v) is 2.99. The van der Waals surface area contributed by atoms with Gasteiger partial charge in [0.15, 0.2) is 5.82 Å². The molecule has 3 rings (SSSR count). The second-order valence-corrected chi connectivity index (χ2v) is 5.44. The van der Waals surface area contributed by atoms with Gasteiger partial charge in [-0.15, -0.1) is 0 Å². The smallest absolute Gasteiger partial charge is 0.162 e. The van der Waals surface area contributed by atoms with Crippen LogP contribution in [0, 0.1) is 13.8 Å². The topological polar surface area (TPSA) is 63.8 Å². The summed E-state index contributed by atoms with van der Waals surface area (Å²) in [5.41, 5.74) is 8.61. The predicted octanol–water partition coefficient (Wildman–Crippen LogP) is 2.92. The molecule has 1 aliphatic carbocycles. The van der Waals surface area contributed by atoms with E-state index in [1.165, 1.54) is 29.5 Å². The maximum absolute atomic E-state index is 5.66. The number of benzene rings is 1. The van der Waals surface area contributed by atoms with Crippen molar-refractivity contribution in [2.24, 2.45) is 5.84 Å². The lowest BCUT2D eigenvalue weighted by molar-refractivity contribution is 0.664. The monoisotopic (exact) mass is 268 g/mol. The van der Waals surface area contributed by atoms with Crippen LogP contribution in [0.1, 0.15) is 35.2 Å². The molecular weight excluding hydrogens is 248 g/mol. The first-order valence-electron chi connectivity index (χ1n) is 7.13. The lowest BCUT2D eigenvalue weighted by Gasteiger charge is -2.19. The molecule has 0 amide bonds. The normalized spacial score (nSPS) is 13.9. The van der Waals surface area contributed by atoms with Gasteiger partial charge in [-0.2, -0.15) is 0 Å². The van der Waals surface area contributed by atoms with Crippen LogP contribution in [0.2, 0.25) is 0 Å². The Morgan fingerprint density at radius 3 is 2.45 bits per heavy atom. The van der Waals surface area contributed by atoms with Gasteiger partial charge >= 0.3 is 0 Å². The second kappa shape index (κ2) is 5.21. The first-order valence-corrected chi connectivity index (χ1v) is 7.13. The molecule has 0 radical (unpaired) electrons. The molecule has 0 aliphatic heterocycles. The standard InChI is InChI=1S/C16H20N4/c1-10-6-5-7-11(2)14(10)16-18-13-9-4-3-8-12(13)15(19-16)20-17/h5-7H,3-4,8-9,17H2,1-2H3,(H,18,19,20). The molecule has 1 heterocycles. The molecule has 0 fully saturated rings. The summed E-state index contributed by atoms with van der Waals surface area (Å²) >= 11 is 0. The molecule has 0 bridgehead atoms. The summed E-state index contributed by atoms with van der Waals surface area (Å²) in [4.78, 5) is 9.46. The Hall–Kier alpha value is -1.94. The van der Waals surface area contributed by atoms with Crippen molar-refractivity contribution in [1.29, 1.82) is 0 Å². The Labute approximate surface area is 119 Å². The molecule has 0 unspecified atom stereocenters. The SMILES string of the molecule is Cc1cccc(C)c1-c1nc2c(c(NN)n1)CCCC2. The van der Waals surface area contributed by atoms with Crippen LogP contribution in [0.3, 0.4) is 0 Å². The number of aryl methyl sites for hydroxylation is 3. The van der Waals surface area contributed by atoms with E-state index < -0.39 is 0 Å². The van der Waals surface area contributed by atoms with Crippen molar-refractivity contribution in [3.63, 3.8) is 0 Å². The van der Waals surface area contributed by atoms with Crippen LogP contribution in [0.15, 0.2) is 18.2 Å². The average molecular weight is 268 g/mol. The van der Waals surface area contributed by atoms with Crippen LogP contribution in [0.25, 0.3) is 11.4 Å². The highest BCUT2D eigenvalue weighted by Gasteiger charge is 2.19. The van der Waals surface area contributed by atoms with Gasteiger partial charge < -0.3 is 5.43 Å². The molecule has 4 nitrogen and oxygen atoms in total. The van der Waals surface area contributed by atoms with Crippen molar-refractivity contribution in [3.05, 3.63) is 40.6 Å². The van der Waals surface area contributed by atoms with Crippen LogP contribution in [0.5, 0.6) is 0 Å². The van der Waals surface area contributed by atoms with E-state index in [4.69, 9.17) is 10.8 Å². The number of rotatable bonds is 2. The van der Waals surface area contributed by atoms with E-state index in [-0.39, 0.29) is 0 Å². The van der Waals surface area contributed by atoms with Crippen LogP contribution in [-0.2, 0) is 12.8 Å². The van der Waals surface area contributed by atoms with Gasteiger partial charge in [0.2, 0.25) is 0 Å². The molecule has 20 heavy (non-hydrogen) atoms. The average Bonchev–Trinajstić information content (AvgIpc) is 2.46. The first kappa shape index (κ1) is 13.1. The number of hydrogen-bond acceptors (Lipinski definition) is 4. The van der Waals surface area contributed by atoms with Crippen LogP contribution < -0.4 is 11.3 Å². The van der Waals surface area contributed by atoms with E-state index in [0.717, 1.165) is 35.7 Å². The van der Waals surface area contributed by atoms with Gasteiger partial charge in [-0.05, 0) is 50.7 Å². The highest BCUT2D eigenvalue weighted by atomic mass is 15.3. The summed E-state index contributed by atoms with van der Waals surface area (Å²) in [5.74, 6) is 7.23. The molecule has 0 atom stereocenters. The van der Waals surface area contributed by atoms with Crippen LogP contribution in [-0.4, -0.2) is 9.97 Å². The third-order valence-corrected chi connectivity index (χ3v) is 4.02. The highest BCUT2D eigenvalue weighted by molar-refractivity contribution is 5.67. The van der Waals surface area contributed by atoms with Crippen molar-refractivity contribution in [2.75, 3.05) is 5.43 Å². The third kappa shape index (κ3) is 2.16. The second-order valence-electron chi connectivity index (χ2n) is 5.44. The molecule has 0 spiro atoms. The summed E-state index contributed by atoms with van der Waals surface area (Å²) in [5, 5.41) is 0. The zero-order valence-electron chi connectivity index (χ0n) is 12.0. The maximum Gasteiger partial charge on any atom is 0.162 e. The fourth-order valence-electron chi connectivity index (χ4n) is 2.99. The van der Waals surface area contributed by atoms with E-state index in [1.807, 2.05) is 0 Å². The van der Waals surface area contributed by atoms with Crippen molar-refractivity contribution in [1.82, 2.24) is 9.97 Å². The van der Waals surface area contributed by atoms with E-state index in [0.29, 0.717) is 0 Å². The largest absolute Gasteiger partial charge is 0.308 e. The number of fused-ring (bicyclic) bond motifs is 1. The Morgan fingerprint density at radius 1 is 1.05 bits per heavy atom. The zero-order valence-corrected chi connectivity index (χ0v) is 12.0. The molecule has 1 aliphatic rings. The molecule has 3 N–H and O–H groups in total. The Balaban J connectivity index is 2.20. The summed E-state index contributed by atoms with van der Waals surface area (Å²) in [6.45, 7) is 4.20. The highest BCUT2D eigenvalue weighted by Crippen LogP contribution is 2.30. The number of nitrogens with zero attached hydrogens (tertiary/aromatic N) is 2. The Bertz CT molecular complexity index is 612. The minimum Gasteiger partial charge on any atom is -0.308 e. The number of hydrogen-bond donors (Lipinski definition) is 2. The molecular formula is C16H20N4. The van der Waals surface area contributed by atoms with E-state index in [1.54, 1.807) is 0 Å². The van der Waals surface area contributed by atoms with Gasteiger partial charge in [-0.1, -0.05) is 18.2 Å². The van der Waals surface area contributed by atoms with Crippen molar-refractivity contribution in [2.45, 2.75) is 39.5 Å². The molecule has 1 aromatic carbocycles. The summed E-state index contributed by atoms with van der Waals surface area (Å²) in [7, 11) is 0. The van der Waals surface area contributed by atoms with Crippen molar-refractivity contribution < 1.29 is 0 Å². The van der Waals surface area contributed by atoms with Crippen molar-refractivity contribution >= 4 is 5.82 Å². The van der Waals surface area contributed by atoms with Crippen LogP contribution in [0.4, 0.5) is 5.82 Å². The van der Waals surface area contributed by atoms with E-state index in [2.05, 4.69) is 42.5 Å². The number of nitrogens with one attached hydrogen (secondary N) is 1. The summed E-state index contributed by atoms with van der Waals surface area (Å²) < 4.78 is 0. The van der Waals surface area contributed by atoms with E-state index in [9.17, 15) is 0 Å². The maximum atomic E-state index is 5.66. The number of hydrazine groups is 1. The molecule has 4 heteroatoms. The quantitative estimate of drug-likeness (QED) is 0.649. The third-order valence-electron chi connectivity index (χ3n) is 4.02. The van der Waals surface area contributed by atoms with Crippen LogP contribution >= 0.6 is 0 Å². The van der Waals surface area contributed by atoms with Gasteiger partial charge in [0.05, 0.1) is 0 Å². The minimum absolute atomic E-state index is 0.785. The van der Waals surface area contributed by atoms with Gasteiger partial charge in [0, 0.05) is 16.8 Å². The van der Waals surface area contributed by atoms with Gasteiger partial charge in [-0.3, -0.25) is 0 Å². The molecule has 1 aromatic heterocycles. The Kier molecular flexibility index (Phi) is 3.40.